The van der Waals surface area contributed by atoms with Crippen LogP contribution in [0.2, 0.25) is 0 Å². The summed E-state index contributed by atoms with van der Waals surface area (Å²) in [6, 6.07) is 7.92. The minimum absolute atomic E-state index is 0.0227. The fourth-order valence-electron chi connectivity index (χ4n) is 3.21. The number of aromatic nitrogens is 1. The van der Waals surface area contributed by atoms with Crippen LogP contribution in [0.1, 0.15) is 41.4 Å². The third kappa shape index (κ3) is 6.69. The summed E-state index contributed by atoms with van der Waals surface area (Å²) >= 11 is 25.2. The largest absolute Gasteiger partial charge is 0.354 e. The molecule has 3 N–H and O–H groups in total. The van der Waals surface area contributed by atoms with Crippen LogP contribution in [-0.4, -0.2) is 26.0 Å². The molecule has 3 rings (SSSR count). The van der Waals surface area contributed by atoms with Gasteiger partial charge < -0.3 is 16.0 Å². The Hall–Kier alpha value is -1.12. The fraction of sp³-hybridized carbons (Fsp3) is 0.421. The first-order valence-corrected chi connectivity index (χ1v) is 11.6. The number of nitrogens with one attached hydrogen (secondary N) is 3. The Balaban J connectivity index is 1.57. The normalized spacial score (nSPS) is 17.1. The number of rotatable bonds is 6. The minimum Gasteiger partial charge on any atom is -0.354 e. The van der Waals surface area contributed by atoms with Crippen LogP contribution in [0, 0.1) is 0 Å². The highest BCUT2D eigenvalue weighted by atomic mass is 35.6. The number of alkyl halides is 3. The lowest BCUT2D eigenvalue weighted by atomic mass is 9.92. The van der Waals surface area contributed by atoms with Gasteiger partial charge in [-0.2, -0.15) is 0 Å². The van der Waals surface area contributed by atoms with Crippen molar-refractivity contribution in [1.29, 1.82) is 0 Å². The second-order valence-corrected chi connectivity index (χ2v) is 10.5. The highest BCUT2D eigenvalue weighted by Gasteiger charge is 2.35. The third-order valence-electron chi connectivity index (χ3n) is 4.59. The topological polar surface area (TPSA) is 66.1 Å². The molecule has 156 valence electrons. The van der Waals surface area contributed by atoms with E-state index in [0.29, 0.717) is 18.0 Å². The fourth-order valence-corrected chi connectivity index (χ4v) is 4.50. The molecule has 5 nitrogen and oxygen atoms in total. The summed E-state index contributed by atoms with van der Waals surface area (Å²) in [7, 11) is 0. The molecule has 2 heterocycles. The lowest BCUT2D eigenvalue weighted by molar-refractivity contribution is -0.121. The third-order valence-corrected chi connectivity index (χ3v) is 6.41. The Bertz CT molecular complexity index is 842. The predicted molar refractivity (Wildman–Crippen MR) is 124 cm³/mol. The molecule has 29 heavy (non-hydrogen) atoms. The van der Waals surface area contributed by atoms with E-state index in [9.17, 15) is 4.79 Å². The van der Waals surface area contributed by atoms with Crippen LogP contribution in [0.4, 0.5) is 0 Å². The quantitative estimate of drug-likeness (QED) is 0.317. The molecular formula is C19H21Cl3N4OS2. The van der Waals surface area contributed by atoms with Gasteiger partial charge in [0.25, 0.3) is 0 Å². The average molecular weight is 492 g/mol. The van der Waals surface area contributed by atoms with Gasteiger partial charge in [-0.3, -0.25) is 9.78 Å². The van der Waals surface area contributed by atoms with Gasteiger partial charge in [-0.05, 0) is 61.0 Å². The zero-order valence-corrected chi connectivity index (χ0v) is 19.4. The van der Waals surface area contributed by atoms with Crippen molar-refractivity contribution in [2.24, 2.45) is 0 Å². The second-order valence-electron chi connectivity index (χ2n) is 6.73. The Morgan fingerprint density at radius 3 is 2.86 bits per heavy atom. The van der Waals surface area contributed by atoms with E-state index in [1.54, 1.807) is 17.5 Å². The van der Waals surface area contributed by atoms with Crippen molar-refractivity contribution in [2.45, 2.75) is 48.1 Å². The highest BCUT2D eigenvalue weighted by molar-refractivity contribution is 7.80. The highest BCUT2D eigenvalue weighted by Crippen LogP contribution is 2.30. The molecule has 2 unspecified atom stereocenters. The molecule has 1 aliphatic carbocycles. The second kappa shape index (κ2) is 10.3. The maximum absolute atomic E-state index is 12.3. The van der Waals surface area contributed by atoms with Crippen molar-refractivity contribution < 1.29 is 4.79 Å². The number of halogens is 3. The Kier molecular flexibility index (Phi) is 7.99. The summed E-state index contributed by atoms with van der Waals surface area (Å²) in [5, 5.41) is 11.2. The van der Waals surface area contributed by atoms with Crippen LogP contribution in [0.3, 0.4) is 0 Å². The summed E-state index contributed by atoms with van der Waals surface area (Å²) in [6.45, 7) is 0. The number of carbonyl (C=O) groups is 1. The van der Waals surface area contributed by atoms with Crippen molar-refractivity contribution in [3.63, 3.8) is 0 Å². The lowest BCUT2D eigenvalue weighted by Crippen LogP contribution is -2.57. The molecule has 0 saturated carbocycles. The van der Waals surface area contributed by atoms with E-state index in [1.165, 1.54) is 5.56 Å². The van der Waals surface area contributed by atoms with Crippen molar-refractivity contribution in [2.75, 3.05) is 0 Å². The first-order chi connectivity index (χ1) is 13.8. The number of aryl methyl sites for hydroxylation is 2. The Morgan fingerprint density at radius 1 is 1.31 bits per heavy atom. The molecule has 0 aromatic carbocycles. The molecule has 0 fully saturated rings. The molecule has 2 aromatic rings. The maximum Gasteiger partial charge on any atom is 0.228 e. The minimum atomic E-state index is -1.77. The molecule has 0 bridgehead atoms. The molecule has 0 spiro atoms. The van der Waals surface area contributed by atoms with Crippen molar-refractivity contribution in [3.8, 4) is 0 Å². The first kappa shape index (κ1) is 22.6. The molecule has 0 saturated heterocycles. The van der Waals surface area contributed by atoms with E-state index in [2.05, 4.69) is 27.0 Å². The van der Waals surface area contributed by atoms with Gasteiger partial charge in [-0.25, -0.2) is 0 Å². The molecule has 1 aliphatic rings. The van der Waals surface area contributed by atoms with E-state index in [4.69, 9.17) is 47.0 Å². The van der Waals surface area contributed by atoms with Crippen LogP contribution >= 0.6 is 58.4 Å². The number of carbonyl (C=O) groups excluding carboxylic acids is 1. The number of hydrogen-bond donors (Lipinski definition) is 3. The van der Waals surface area contributed by atoms with E-state index in [-0.39, 0.29) is 11.9 Å². The Labute approximate surface area is 194 Å². The number of amides is 1. The summed E-state index contributed by atoms with van der Waals surface area (Å²) in [5.41, 5.74) is 2.19. The van der Waals surface area contributed by atoms with Crippen LogP contribution in [0.5, 0.6) is 0 Å². The summed E-state index contributed by atoms with van der Waals surface area (Å²) in [4.78, 5) is 17.9. The van der Waals surface area contributed by atoms with E-state index in [1.807, 2.05) is 23.6 Å². The summed E-state index contributed by atoms with van der Waals surface area (Å²) in [5.74, 6) is -0.227. The monoisotopic (exact) mass is 490 g/mol. The maximum atomic E-state index is 12.3. The van der Waals surface area contributed by atoms with Crippen LogP contribution in [0.25, 0.3) is 0 Å². The molecule has 2 atom stereocenters. The predicted octanol–water partition coefficient (Wildman–Crippen LogP) is 4.43. The lowest BCUT2D eigenvalue weighted by Gasteiger charge is -2.31. The molecular weight excluding hydrogens is 471 g/mol. The molecule has 0 aliphatic heterocycles. The van der Waals surface area contributed by atoms with Gasteiger partial charge >= 0.3 is 0 Å². The Morgan fingerprint density at radius 2 is 2.14 bits per heavy atom. The first-order valence-electron chi connectivity index (χ1n) is 9.22. The molecule has 2 aromatic heterocycles. The van der Waals surface area contributed by atoms with E-state index < -0.39 is 9.96 Å². The zero-order chi connectivity index (χ0) is 20.9. The number of thiophene rings is 1. The van der Waals surface area contributed by atoms with Crippen LogP contribution in [0.15, 0.2) is 35.8 Å². The standard InChI is InChI=1S/C19H21Cl3N4OS2/c20-19(21,22)17(25-15(27)9-8-13-6-3-11-29-13)26-18(28)24-14-7-1-4-12-5-2-10-23-16(12)14/h2-3,5-6,10-11,14,17H,1,4,7-9H2,(H,25,27)(H2,24,26,28). The molecule has 1 amide bonds. The van der Waals surface area contributed by atoms with Crippen molar-refractivity contribution >= 4 is 69.4 Å². The number of nitrogens with zero attached hydrogens (tertiary/aromatic N) is 1. The summed E-state index contributed by atoms with van der Waals surface area (Å²) < 4.78 is -1.77. The van der Waals surface area contributed by atoms with Crippen LogP contribution < -0.4 is 16.0 Å². The van der Waals surface area contributed by atoms with Gasteiger partial charge in [0.1, 0.15) is 6.17 Å². The van der Waals surface area contributed by atoms with Crippen LogP contribution in [-0.2, 0) is 17.6 Å². The average Bonchev–Trinajstić information content (AvgIpc) is 3.19. The SMILES string of the molecule is O=C(CCc1cccs1)NC(NC(=S)NC1CCCc2cccnc21)C(Cl)(Cl)Cl. The van der Waals surface area contributed by atoms with Gasteiger partial charge in [-0.15, -0.1) is 11.3 Å². The summed E-state index contributed by atoms with van der Waals surface area (Å²) in [6.07, 6.45) is 4.66. The smallest absolute Gasteiger partial charge is 0.228 e. The van der Waals surface area contributed by atoms with Gasteiger partial charge in [0.2, 0.25) is 9.70 Å². The van der Waals surface area contributed by atoms with Gasteiger partial charge in [0.15, 0.2) is 5.11 Å². The number of fused-ring (bicyclic) bond motifs is 1. The van der Waals surface area contributed by atoms with Crippen molar-refractivity contribution in [3.05, 3.63) is 52.0 Å². The number of pyridine rings is 1. The van der Waals surface area contributed by atoms with Gasteiger partial charge in [0.05, 0.1) is 11.7 Å². The zero-order valence-electron chi connectivity index (χ0n) is 15.5. The van der Waals surface area contributed by atoms with Gasteiger partial charge in [0, 0.05) is 17.5 Å². The van der Waals surface area contributed by atoms with E-state index >= 15 is 0 Å². The molecule has 0 radical (unpaired) electrons. The van der Waals surface area contributed by atoms with Crippen molar-refractivity contribution in [1.82, 2.24) is 20.9 Å². The van der Waals surface area contributed by atoms with E-state index in [0.717, 1.165) is 29.8 Å². The molecule has 10 heteroatoms. The van der Waals surface area contributed by atoms with Gasteiger partial charge in [-0.1, -0.05) is 46.9 Å². The number of hydrogen-bond acceptors (Lipinski definition) is 4. The number of thiocarbonyl (C=S) groups is 1.